The number of fused-ring (bicyclic) bond motifs is 7. The first-order chi connectivity index (χ1) is 13.5. The van der Waals surface area contributed by atoms with Gasteiger partial charge in [-0.15, -0.1) is 0 Å². The summed E-state index contributed by atoms with van der Waals surface area (Å²) in [5.74, 6) is 1.76. The van der Waals surface area contributed by atoms with Gasteiger partial charge in [-0.1, -0.05) is 6.07 Å². The van der Waals surface area contributed by atoms with E-state index >= 15 is 0 Å². The van der Waals surface area contributed by atoms with Crippen molar-refractivity contribution < 1.29 is 14.3 Å². The van der Waals surface area contributed by atoms with Crippen LogP contribution in [-0.4, -0.2) is 40.5 Å². The van der Waals surface area contributed by atoms with E-state index in [1.165, 1.54) is 0 Å². The summed E-state index contributed by atoms with van der Waals surface area (Å²) in [4.78, 5) is 16.7. The number of ether oxygens (including phenoxy) is 2. The first-order valence-electron chi connectivity index (χ1n) is 9.88. The van der Waals surface area contributed by atoms with E-state index in [1.54, 1.807) is 0 Å². The van der Waals surface area contributed by atoms with Crippen molar-refractivity contribution in [2.24, 2.45) is 0 Å². The first kappa shape index (κ1) is 18.7. The predicted octanol–water partition coefficient (Wildman–Crippen LogP) is 3.57. The fourth-order valence-corrected chi connectivity index (χ4v) is 3.77. The van der Waals surface area contributed by atoms with Crippen molar-refractivity contribution in [1.29, 1.82) is 0 Å². The molecule has 0 saturated heterocycles. The van der Waals surface area contributed by atoms with Crippen molar-refractivity contribution >= 4 is 17.7 Å². The van der Waals surface area contributed by atoms with Gasteiger partial charge in [-0.25, -0.2) is 9.78 Å². The topological polar surface area (TPSA) is 101 Å². The molecule has 1 fully saturated rings. The summed E-state index contributed by atoms with van der Waals surface area (Å²) in [7, 11) is 0. The third-order valence-corrected chi connectivity index (χ3v) is 5.37. The Bertz CT molecular complexity index is 835. The minimum Gasteiger partial charge on any atom is -0.446 e. The Hall–Kier alpha value is -2.61. The van der Waals surface area contributed by atoms with E-state index in [-0.39, 0.29) is 12.2 Å². The summed E-state index contributed by atoms with van der Waals surface area (Å²) in [6.07, 6.45) is 2.93. The van der Waals surface area contributed by atoms with Crippen LogP contribution < -0.4 is 10.6 Å². The van der Waals surface area contributed by atoms with Crippen LogP contribution in [0.3, 0.4) is 0 Å². The van der Waals surface area contributed by atoms with Gasteiger partial charge in [0.15, 0.2) is 5.82 Å². The van der Waals surface area contributed by atoms with E-state index in [0.717, 1.165) is 42.3 Å². The number of nitrogens with one attached hydrogen (secondary N) is 3. The number of H-pyrrole nitrogens is 1. The van der Waals surface area contributed by atoms with Gasteiger partial charge >= 0.3 is 6.09 Å². The number of hydrogen-bond acceptors (Lipinski definition) is 6. The Morgan fingerprint density at radius 3 is 3.00 bits per heavy atom. The van der Waals surface area contributed by atoms with E-state index in [2.05, 4.69) is 20.8 Å². The van der Waals surface area contributed by atoms with Crippen molar-refractivity contribution in [3.05, 3.63) is 35.7 Å². The molecular formula is C20H27N5O3. The van der Waals surface area contributed by atoms with E-state index in [1.807, 2.05) is 38.1 Å². The highest BCUT2D eigenvalue weighted by atomic mass is 16.6. The van der Waals surface area contributed by atoms with E-state index in [4.69, 9.17) is 14.5 Å². The molecular weight excluding hydrogens is 358 g/mol. The summed E-state index contributed by atoms with van der Waals surface area (Å²) in [5, 5.41) is 13.6. The lowest BCUT2D eigenvalue weighted by atomic mass is 10.0. The minimum absolute atomic E-state index is 0.0582. The van der Waals surface area contributed by atoms with Crippen molar-refractivity contribution in [1.82, 2.24) is 20.5 Å². The minimum atomic E-state index is -0.542. The highest BCUT2D eigenvalue weighted by molar-refractivity contribution is 5.67. The maximum atomic E-state index is 12.0. The molecule has 2 aliphatic rings. The Morgan fingerprint density at radius 1 is 1.21 bits per heavy atom. The van der Waals surface area contributed by atoms with E-state index in [9.17, 15) is 4.79 Å². The Kier molecular flexibility index (Phi) is 5.21. The smallest absolute Gasteiger partial charge is 0.407 e. The van der Waals surface area contributed by atoms with Crippen LogP contribution in [0.2, 0.25) is 0 Å². The summed E-state index contributed by atoms with van der Waals surface area (Å²) >= 11 is 0. The standard InChI is InChI=1S/C20H27N5O3/c1-20(2)16-5-3-6-17(22-16)23-18-12-15(24-25-18)13-7-8-14(11-13)28-19(26)21-9-4-10-27-20/h3,5-6,12-14H,4,7-11H2,1-2H3,(H,21,26)(H2,22,23,24,25)/t13-,14+/m0/s1. The zero-order valence-corrected chi connectivity index (χ0v) is 16.3. The van der Waals surface area contributed by atoms with Gasteiger partial charge in [0, 0.05) is 30.8 Å². The summed E-state index contributed by atoms with van der Waals surface area (Å²) in [6.45, 7) is 5.01. The van der Waals surface area contributed by atoms with Gasteiger partial charge in [-0.05, 0) is 51.7 Å². The highest BCUT2D eigenvalue weighted by Gasteiger charge is 2.30. The number of aromatic nitrogens is 3. The number of nitrogens with zero attached hydrogens (tertiary/aromatic N) is 2. The van der Waals surface area contributed by atoms with Gasteiger partial charge in [0.05, 0.1) is 5.69 Å². The maximum absolute atomic E-state index is 12.0. The molecule has 6 bridgehead atoms. The Labute approximate surface area is 164 Å². The number of rotatable bonds is 0. The maximum Gasteiger partial charge on any atom is 0.407 e. The molecule has 0 aromatic carbocycles. The fraction of sp³-hybridized carbons (Fsp3) is 0.550. The third-order valence-electron chi connectivity index (χ3n) is 5.37. The van der Waals surface area contributed by atoms with Crippen LogP contribution in [0, 0.1) is 0 Å². The number of alkyl carbamates (subject to hydrolysis) is 1. The van der Waals surface area contributed by atoms with Gasteiger partial charge in [0.2, 0.25) is 0 Å². The average Bonchev–Trinajstić information content (AvgIpc) is 3.30. The summed E-state index contributed by atoms with van der Waals surface area (Å²) < 4.78 is 11.6. The SMILES string of the molecule is CC1(C)OCCCNC(=O)O[C@@H]2CC[C@@H](C2)c2cc(n[nH]2)Nc2cccc1n2. The zero-order chi connectivity index (χ0) is 19.6. The Balaban J connectivity index is 1.57. The van der Waals surface area contributed by atoms with Crippen LogP contribution in [0.5, 0.6) is 0 Å². The second-order valence-electron chi connectivity index (χ2n) is 7.92. The lowest BCUT2D eigenvalue weighted by molar-refractivity contribution is -0.0255. The molecule has 8 heteroatoms. The van der Waals surface area contributed by atoms with Crippen LogP contribution in [0.25, 0.3) is 0 Å². The number of pyridine rings is 1. The van der Waals surface area contributed by atoms with Gasteiger partial charge in [-0.2, -0.15) is 5.10 Å². The van der Waals surface area contributed by atoms with Crippen molar-refractivity contribution in [2.75, 3.05) is 18.5 Å². The molecule has 0 radical (unpaired) electrons. The normalized spacial score (nSPS) is 25.0. The van der Waals surface area contributed by atoms with E-state index in [0.29, 0.717) is 25.5 Å². The molecule has 4 rings (SSSR count). The average molecular weight is 385 g/mol. The largest absolute Gasteiger partial charge is 0.446 e. The molecule has 0 unspecified atom stereocenters. The fourth-order valence-electron chi connectivity index (χ4n) is 3.77. The van der Waals surface area contributed by atoms with Crippen molar-refractivity contribution in [2.45, 2.75) is 57.2 Å². The van der Waals surface area contributed by atoms with Crippen LogP contribution >= 0.6 is 0 Å². The number of amides is 1. The van der Waals surface area contributed by atoms with Crippen molar-refractivity contribution in [3.8, 4) is 0 Å². The molecule has 150 valence electrons. The van der Waals surface area contributed by atoms with Gasteiger partial charge in [0.1, 0.15) is 17.5 Å². The summed E-state index contributed by atoms with van der Waals surface area (Å²) in [6, 6.07) is 7.84. The van der Waals surface area contributed by atoms with Crippen molar-refractivity contribution in [3.63, 3.8) is 0 Å². The predicted molar refractivity (Wildman–Crippen MR) is 105 cm³/mol. The van der Waals surface area contributed by atoms with Gasteiger partial charge < -0.3 is 20.1 Å². The molecule has 2 atom stereocenters. The van der Waals surface area contributed by atoms with Crippen LogP contribution in [-0.2, 0) is 15.1 Å². The number of aromatic amines is 1. The lowest BCUT2D eigenvalue weighted by Gasteiger charge is -2.25. The number of hydrogen-bond donors (Lipinski definition) is 3. The molecule has 1 aliphatic heterocycles. The molecule has 2 aromatic heterocycles. The lowest BCUT2D eigenvalue weighted by Crippen LogP contribution is -2.30. The molecule has 3 heterocycles. The highest BCUT2D eigenvalue weighted by Crippen LogP contribution is 2.36. The molecule has 3 N–H and O–H groups in total. The quantitative estimate of drug-likeness (QED) is 0.641. The molecule has 28 heavy (non-hydrogen) atoms. The monoisotopic (exact) mass is 385 g/mol. The van der Waals surface area contributed by atoms with Crippen LogP contribution in [0.1, 0.15) is 56.8 Å². The van der Waals surface area contributed by atoms with Gasteiger partial charge in [0.25, 0.3) is 0 Å². The summed E-state index contributed by atoms with van der Waals surface area (Å²) in [5.41, 5.74) is 1.34. The van der Waals surface area contributed by atoms with Gasteiger partial charge in [-0.3, -0.25) is 5.10 Å². The third kappa shape index (κ3) is 4.27. The van der Waals surface area contributed by atoms with E-state index < -0.39 is 5.60 Å². The number of carbonyl (C=O) groups is 1. The molecule has 1 aliphatic carbocycles. The molecule has 1 saturated carbocycles. The number of carbonyl (C=O) groups excluding carboxylic acids is 1. The Morgan fingerprint density at radius 2 is 2.11 bits per heavy atom. The number of anilines is 2. The van der Waals surface area contributed by atoms with Crippen LogP contribution in [0.4, 0.5) is 16.4 Å². The molecule has 2 aromatic rings. The molecule has 1 amide bonds. The molecule has 8 nitrogen and oxygen atoms in total. The zero-order valence-electron chi connectivity index (χ0n) is 16.3. The first-order valence-corrected chi connectivity index (χ1v) is 9.88. The van der Waals surface area contributed by atoms with Crippen LogP contribution in [0.15, 0.2) is 24.3 Å². The second kappa shape index (κ2) is 7.79. The molecule has 0 spiro atoms. The second-order valence-corrected chi connectivity index (χ2v) is 7.92.